The number of nitrogens with zero attached hydrogens (tertiary/aromatic N) is 3. The zero-order valence-corrected chi connectivity index (χ0v) is 18.8. The summed E-state index contributed by atoms with van der Waals surface area (Å²) in [5.74, 6) is 2.97. The Bertz CT molecular complexity index is 993. The van der Waals surface area contributed by atoms with Gasteiger partial charge in [0.1, 0.15) is 0 Å². The topological polar surface area (TPSA) is 82.0 Å². The van der Waals surface area contributed by atoms with Gasteiger partial charge in [-0.3, -0.25) is 9.69 Å². The third-order valence-corrected chi connectivity index (χ3v) is 5.64. The largest absolute Gasteiger partial charge is 0.493 e. The molecule has 2 aromatic rings. The van der Waals surface area contributed by atoms with Crippen LogP contribution < -0.4 is 18.9 Å². The highest BCUT2D eigenvalue weighted by Gasteiger charge is 2.28. The van der Waals surface area contributed by atoms with Gasteiger partial charge >= 0.3 is 0 Å². The van der Waals surface area contributed by atoms with Crippen LogP contribution in [0.3, 0.4) is 0 Å². The summed E-state index contributed by atoms with van der Waals surface area (Å²) in [6.45, 7) is 0.506. The fraction of sp³-hybridized carbons (Fsp3) is 0.318. The van der Waals surface area contributed by atoms with Gasteiger partial charge in [0.2, 0.25) is 5.91 Å². The average Bonchev–Trinajstić information content (AvgIpc) is 3.16. The highest BCUT2D eigenvalue weighted by atomic mass is 32.2. The van der Waals surface area contributed by atoms with Crippen LogP contribution in [0, 0.1) is 0 Å². The van der Waals surface area contributed by atoms with Crippen molar-refractivity contribution in [1.29, 1.82) is 0 Å². The number of methoxy groups -OCH3 is 4. The molecule has 164 valence electrons. The minimum absolute atomic E-state index is 0.0190. The van der Waals surface area contributed by atoms with Gasteiger partial charge < -0.3 is 18.9 Å². The van der Waals surface area contributed by atoms with E-state index in [4.69, 9.17) is 18.9 Å². The molecule has 1 aliphatic heterocycles. The van der Waals surface area contributed by atoms with E-state index in [9.17, 15) is 4.79 Å². The molecule has 2 aromatic carbocycles. The summed E-state index contributed by atoms with van der Waals surface area (Å²) in [4.78, 5) is 14.0. The molecule has 0 radical (unpaired) electrons. The summed E-state index contributed by atoms with van der Waals surface area (Å²) < 4.78 is 21.1. The highest BCUT2D eigenvalue weighted by molar-refractivity contribution is 8.15. The SMILES string of the molecule is COc1ccc(/C=N\N=C2\SCC(=O)N2CCc2ccc(OC)c(OC)c2)cc1OC. The van der Waals surface area contributed by atoms with E-state index in [0.29, 0.717) is 46.9 Å². The number of carbonyl (C=O) groups is 1. The van der Waals surface area contributed by atoms with E-state index in [0.717, 1.165) is 11.1 Å². The second-order valence-corrected chi connectivity index (χ2v) is 7.46. The van der Waals surface area contributed by atoms with Crippen molar-refractivity contribution < 1.29 is 23.7 Å². The number of amides is 1. The second-order valence-electron chi connectivity index (χ2n) is 6.51. The van der Waals surface area contributed by atoms with Crippen LogP contribution in [0.15, 0.2) is 46.6 Å². The molecule has 31 heavy (non-hydrogen) atoms. The summed E-state index contributed by atoms with van der Waals surface area (Å²) in [6.07, 6.45) is 2.27. The fourth-order valence-corrected chi connectivity index (χ4v) is 3.91. The Balaban J connectivity index is 1.68. The van der Waals surface area contributed by atoms with Crippen LogP contribution in [0.25, 0.3) is 0 Å². The summed E-state index contributed by atoms with van der Waals surface area (Å²) in [6, 6.07) is 11.2. The fourth-order valence-electron chi connectivity index (χ4n) is 3.05. The zero-order chi connectivity index (χ0) is 22.2. The molecule has 3 rings (SSSR count). The maximum absolute atomic E-state index is 12.3. The lowest BCUT2D eigenvalue weighted by Crippen LogP contribution is -2.31. The molecule has 0 atom stereocenters. The minimum atomic E-state index is 0.0190. The van der Waals surface area contributed by atoms with Crippen LogP contribution in [-0.4, -0.2) is 62.9 Å². The molecule has 9 heteroatoms. The van der Waals surface area contributed by atoms with Gasteiger partial charge in [0.05, 0.1) is 40.4 Å². The minimum Gasteiger partial charge on any atom is -0.493 e. The molecule has 0 N–H and O–H groups in total. The molecule has 0 aliphatic carbocycles. The van der Waals surface area contributed by atoms with Crippen molar-refractivity contribution in [2.75, 3.05) is 40.7 Å². The third-order valence-electron chi connectivity index (χ3n) is 4.69. The quantitative estimate of drug-likeness (QED) is 0.437. The maximum atomic E-state index is 12.3. The number of carbonyl (C=O) groups excluding carboxylic acids is 1. The van der Waals surface area contributed by atoms with Crippen molar-refractivity contribution >= 4 is 29.1 Å². The van der Waals surface area contributed by atoms with Crippen molar-refractivity contribution in [1.82, 2.24) is 4.90 Å². The van der Waals surface area contributed by atoms with Crippen LogP contribution in [0.5, 0.6) is 23.0 Å². The molecular formula is C22H25N3O5S. The van der Waals surface area contributed by atoms with Crippen LogP contribution in [0.1, 0.15) is 11.1 Å². The number of hydrogen-bond acceptors (Lipinski definition) is 8. The number of amidine groups is 1. The van der Waals surface area contributed by atoms with E-state index in [1.807, 2.05) is 30.3 Å². The first-order valence-corrected chi connectivity index (χ1v) is 10.5. The molecule has 1 saturated heterocycles. The van der Waals surface area contributed by atoms with Crippen molar-refractivity contribution in [3.05, 3.63) is 47.5 Å². The van der Waals surface area contributed by atoms with E-state index in [-0.39, 0.29) is 5.91 Å². The van der Waals surface area contributed by atoms with E-state index in [1.165, 1.54) is 11.8 Å². The van der Waals surface area contributed by atoms with Crippen LogP contribution in [0.2, 0.25) is 0 Å². The number of rotatable bonds is 9. The van der Waals surface area contributed by atoms with Crippen molar-refractivity contribution in [2.45, 2.75) is 6.42 Å². The van der Waals surface area contributed by atoms with Crippen molar-refractivity contribution in [3.63, 3.8) is 0 Å². The van der Waals surface area contributed by atoms with E-state index in [2.05, 4.69) is 10.2 Å². The lowest BCUT2D eigenvalue weighted by atomic mass is 10.1. The predicted molar refractivity (Wildman–Crippen MR) is 122 cm³/mol. The monoisotopic (exact) mass is 443 g/mol. The summed E-state index contributed by atoms with van der Waals surface area (Å²) >= 11 is 1.38. The lowest BCUT2D eigenvalue weighted by molar-refractivity contribution is -0.124. The van der Waals surface area contributed by atoms with Gasteiger partial charge in [-0.15, -0.1) is 5.10 Å². The van der Waals surface area contributed by atoms with Crippen molar-refractivity contribution in [3.8, 4) is 23.0 Å². The molecule has 1 aliphatic rings. The number of benzene rings is 2. The Morgan fingerprint density at radius 1 is 0.935 bits per heavy atom. The smallest absolute Gasteiger partial charge is 0.239 e. The Morgan fingerprint density at radius 3 is 2.26 bits per heavy atom. The highest BCUT2D eigenvalue weighted by Crippen LogP contribution is 2.29. The molecule has 0 saturated carbocycles. The molecule has 0 aromatic heterocycles. The van der Waals surface area contributed by atoms with Gasteiger partial charge in [-0.1, -0.05) is 17.8 Å². The normalized spacial score (nSPS) is 15.0. The standard InChI is InChI=1S/C22H25N3O5S/c1-27-17-7-5-15(11-19(17)29-3)9-10-25-21(26)14-31-22(25)24-23-13-16-6-8-18(28-2)20(12-16)30-4/h5-8,11-13H,9-10,14H2,1-4H3/b23-13-,24-22+. The lowest BCUT2D eigenvalue weighted by Gasteiger charge is -2.16. The van der Waals surface area contributed by atoms with Gasteiger partial charge in [-0.2, -0.15) is 5.10 Å². The Morgan fingerprint density at radius 2 is 1.58 bits per heavy atom. The second kappa shape index (κ2) is 10.7. The first-order valence-electron chi connectivity index (χ1n) is 9.56. The van der Waals surface area contributed by atoms with Gasteiger partial charge in [0, 0.05) is 6.54 Å². The molecule has 1 fully saturated rings. The van der Waals surface area contributed by atoms with Crippen LogP contribution in [-0.2, 0) is 11.2 Å². The number of thioether (sulfide) groups is 1. The van der Waals surface area contributed by atoms with E-state index >= 15 is 0 Å². The molecule has 1 heterocycles. The van der Waals surface area contributed by atoms with E-state index in [1.54, 1.807) is 45.6 Å². The van der Waals surface area contributed by atoms with Gasteiger partial charge in [-0.05, 0) is 47.9 Å². The summed E-state index contributed by atoms with van der Waals surface area (Å²) in [5, 5.41) is 9.00. The number of ether oxygens (including phenoxy) is 4. The molecule has 0 unspecified atom stereocenters. The number of hydrogen-bond donors (Lipinski definition) is 0. The Kier molecular flexibility index (Phi) is 7.77. The Labute approximate surface area is 185 Å². The summed E-state index contributed by atoms with van der Waals surface area (Å²) in [7, 11) is 6.37. The molecule has 0 bridgehead atoms. The first-order chi connectivity index (χ1) is 15.1. The van der Waals surface area contributed by atoms with Gasteiger partial charge in [0.15, 0.2) is 28.2 Å². The first kappa shape index (κ1) is 22.5. The molecule has 1 amide bonds. The summed E-state index contributed by atoms with van der Waals surface area (Å²) in [5.41, 5.74) is 1.85. The van der Waals surface area contributed by atoms with Crippen LogP contribution >= 0.6 is 11.8 Å². The van der Waals surface area contributed by atoms with Crippen molar-refractivity contribution in [2.24, 2.45) is 10.2 Å². The Hall–Kier alpha value is -3.20. The molecule has 0 spiro atoms. The predicted octanol–water partition coefficient (Wildman–Crippen LogP) is 3.23. The maximum Gasteiger partial charge on any atom is 0.239 e. The average molecular weight is 444 g/mol. The van der Waals surface area contributed by atoms with E-state index < -0.39 is 0 Å². The zero-order valence-electron chi connectivity index (χ0n) is 18.0. The molecule has 8 nitrogen and oxygen atoms in total. The third kappa shape index (κ3) is 5.49. The van der Waals surface area contributed by atoms with Gasteiger partial charge in [0.25, 0.3) is 0 Å². The molecular weight excluding hydrogens is 418 g/mol. The van der Waals surface area contributed by atoms with Crippen LogP contribution in [0.4, 0.5) is 0 Å². The van der Waals surface area contributed by atoms with Gasteiger partial charge in [-0.25, -0.2) is 0 Å².